The van der Waals surface area contributed by atoms with E-state index in [1.54, 1.807) is 11.6 Å². The first-order valence-electron chi connectivity index (χ1n) is 15.5. The maximum Gasteiger partial charge on any atom is 0.257 e. The molecule has 6 aliphatic rings. The SMILES string of the molecule is CC1(C)CCC(CN2CC3CC(C2)N3Cc2cc(F)c3c(c2)CN(C2CCCNC2)C3=O)=C(c2ccc(Cl)cc2)C1. The van der Waals surface area contributed by atoms with Crippen LogP contribution in [0.1, 0.15) is 79.4 Å². The number of carbonyl (C=O) groups is 1. The van der Waals surface area contributed by atoms with E-state index >= 15 is 4.39 Å². The van der Waals surface area contributed by atoms with E-state index in [1.165, 1.54) is 24.0 Å². The molecule has 0 aromatic heterocycles. The van der Waals surface area contributed by atoms with Gasteiger partial charge in [-0.15, -0.1) is 0 Å². The Hall–Kier alpha value is -2.25. The molecule has 5 heterocycles. The number of rotatable bonds is 6. The van der Waals surface area contributed by atoms with Crippen molar-refractivity contribution in [2.45, 2.75) is 83.6 Å². The molecule has 7 heteroatoms. The average molecular weight is 577 g/mol. The molecule has 3 atom stereocenters. The molecule has 4 saturated heterocycles. The van der Waals surface area contributed by atoms with Crippen molar-refractivity contribution in [1.82, 2.24) is 20.0 Å². The fraction of sp³-hybridized carbons (Fsp3) is 0.559. The van der Waals surface area contributed by atoms with Crippen molar-refractivity contribution in [3.8, 4) is 0 Å². The zero-order chi connectivity index (χ0) is 28.3. The molecule has 5 aliphatic heterocycles. The van der Waals surface area contributed by atoms with Crippen molar-refractivity contribution in [2.75, 3.05) is 32.7 Å². The summed E-state index contributed by atoms with van der Waals surface area (Å²) in [4.78, 5) is 20.2. The summed E-state index contributed by atoms with van der Waals surface area (Å²) in [6.45, 7) is 11.0. The summed E-state index contributed by atoms with van der Waals surface area (Å²) in [6.07, 6.45) is 6.77. The second kappa shape index (κ2) is 10.8. The topological polar surface area (TPSA) is 38.8 Å². The molecule has 218 valence electrons. The monoisotopic (exact) mass is 576 g/mol. The van der Waals surface area contributed by atoms with Crippen LogP contribution in [0.5, 0.6) is 0 Å². The highest BCUT2D eigenvalue weighted by Crippen LogP contribution is 2.44. The number of allylic oxidation sites excluding steroid dienone is 1. The van der Waals surface area contributed by atoms with Crippen LogP contribution in [0.25, 0.3) is 5.57 Å². The molecule has 2 aromatic carbocycles. The van der Waals surface area contributed by atoms with E-state index in [-0.39, 0.29) is 17.8 Å². The molecule has 3 unspecified atom stereocenters. The Morgan fingerprint density at radius 2 is 1.85 bits per heavy atom. The van der Waals surface area contributed by atoms with Crippen LogP contribution in [0.4, 0.5) is 4.39 Å². The molecule has 8 rings (SSSR count). The minimum Gasteiger partial charge on any atom is -0.330 e. The maximum absolute atomic E-state index is 15.3. The highest BCUT2D eigenvalue weighted by Gasteiger charge is 2.45. The van der Waals surface area contributed by atoms with Gasteiger partial charge in [0.25, 0.3) is 5.91 Å². The van der Waals surface area contributed by atoms with Crippen LogP contribution in [0.3, 0.4) is 0 Å². The number of nitrogens with one attached hydrogen (secondary N) is 1. The molecule has 5 nitrogen and oxygen atoms in total. The van der Waals surface area contributed by atoms with Gasteiger partial charge in [-0.1, -0.05) is 49.2 Å². The summed E-state index contributed by atoms with van der Waals surface area (Å²) >= 11 is 6.20. The number of carbonyl (C=O) groups excluding carboxylic acids is 1. The molecule has 1 N–H and O–H groups in total. The molecular weight excluding hydrogens is 535 g/mol. The lowest BCUT2D eigenvalue weighted by Gasteiger charge is -2.57. The quantitative estimate of drug-likeness (QED) is 0.450. The van der Waals surface area contributed by atoms with Crippen LogP contribution >= 0.6 is 11.6 Å². The molecule has 41 heavy (non-hydrogen) atoms. The van der Waals surface area contributed by atoms with Gasteiger partial charge < -0.3 is 10.2 Å². The zero-order valence-corrected chi connectivity index (χ0v) is 25.2. The van der Waals surface area contributed by atoms with Crippen LogP contribution in [0.15, 0.2) is 42.0 Å². The lowest BCUT2D eigenvalue weighted by molar-refractivity contribution is -0.0723. The number of amides is 1. The maximum atomic E-state index is 15.3. The van der Waals surface area contributed by atoms with Gasteiger partial charge >= 0.3 is 0 Å². The fourth-order valence-electron chi connectivity index (χ4n) is 8.08. The van der Waals surface area contributed by atoms with Crippen LogP contribution in [-0.4, -0.2) is 71.5 Å². The molecular formula is C34H42ClFN4O. The molecule has 0 radical (unpaired) electrons. The first-order valence-corrected chi connectivity index (χ1v) is 15.9. The van der Waals surface area contributed by atoms with Gasteiger partial charge in [0.05, 0.1) is 5.56 Å². The number of halogens is 2. The van der Waals surface area contributed by atoms with Gasteiger partial charge in [0.1, 0.15) is 5.82 Å². The van der Waals surface area contributed by atoms with E-state index in [4.69, 9.17) is 11.6 Å². The third-order valence-corrected chi connectivity index (χ3v) is 10.6. The third-order valence-electron chi connectivity index (χ3n) is 10.3. The van der Waals surface area contributed by atoms with Gasteiger partial charge in [0, 0.05) is 62.4 Å². The van der Waals surface area contributed by atoms with Crippen LogP contribution < -0.4 is 5.32 Å². The lowest BCUT2D eigenvalue weighted by atomic mass is 9.72. The molecule has 1 amide bonds. The highest BCUT2D eigenvalue weighted by molar-refractivity contribution is 6.30. The number of nitrogens with zero attached hydrogens (tertiary/aromatic N) is 3. The summed E-state index contributed by atoms with van der Waals surface area (Å²) in [5.41, 5.74) is 6.90. The van der Waals surface area contributed by atoms with Gasteiger partial charge in [-0.2, -0.15) is 0 Å². The van der Waals surface area contributed by atoms with Crippen LogP contribution in [0, 0.1) is 11.2 Å². The molecule has 4 fully saturated rings. The predicted octanol–water partition coefficient (Wildman–Crippen LogP) is 6.11. The Bertz CT molecular complexity index is 1350. The van der Waals surface area contributed by atoms with Gasteiger partial charge in [-0.05, 0) is 90.9 Å². The van der Waals surface area contributed by atoms with E-state index < -0.39 is 0 Å². The van der Waals surface area contributed by atoms with Crippen molar-refractivity contribution in [3.63, 3.8) is 0 Å². The summed E-state index contributed by atoms with van der Waals surface area (Å²) < 4.78 is 15.3. The van der Waals surface area contributed by atoms with E-state index in [0.717, 1.165) is 81.1 Å². The molecule has 2 aromatic rings. The van der Waals surface area contributed by atoms with Crippen molar-refractivity contribution < 1.29 is 9.18 Å². The van der Waals surface area contributed by atoms with Gasteiger partial charge in [-0.3, -0.25) is 14.6 Å². The number of piperidine rings is 2. The van der Waals surface area contributed by atoms with Gasteiger partial charge in [0.15, 0.2) is 0 Å². The minimum atomic E-state index is -0.344. The van der Waals surface area contributed by atoms with Crippen LogP contribution in [-0.2, 0) is 13.1 Å². The number of fused-ring (bicyclic) bond motifs is 3. The summed E-state index contributed by atoms with van der Waals surface area (Å²) in [5, 5.41) is 4.18. The van der Waals surface area contributed by atoms with E-state index in [9.17, 15) is 4.79 Å². The summed E-state index contributed by atoms with van der Waals surface area (Å²) in [6, 6.07) is 13.3. The first kappa shape index (κ1) is 27.6. The average Bonchev–Trinajstić information content (AvgIpc) is 3.30. The molecule has 0 spiro atoms. The minimum absolute atomic E-state index is 0.132. The summed E-state index contributed by atoms with van der Waals surface area (Å²) in [7, 11) is 0. The molecule has 2 bridgehead atoms. The molecule has 1 aliphatic carbocycles. The highest BCUT2D eigenvalue weighted by atomic mass is 35.5. The molecule has 0 saturated carbocycles. The number of benzene rings is 2. The Morgan fingerprint density at radius 1 is 1.07 bits per heavy atom. The Labute approximate surface area is 248 Å². The Morgan fingerprint density at radius 3 is 2.59 bits per heavy atom. The standard InChI is InChI=1S/C34H42ClFN4O/c1-34(2)10-9-24(30(15-34)23-5-7-26(35)8-6-23)18-38-20-28-14-29(21-38)39(28)17-22-12-25-19-40(27-4-3-11-37-16-27)33(41)32(25)31(36)13-22/h5-8,12-13,27-29,37H,3-4,9-11,14-21H2,1-2H3. The van der Waals surface area contributed by atoms with E-state index in [1.807, 2.05) is 17.0 Å². The van der Waals surface area contributed by atoms with Crippen molar-refractivity contribution in [2.24, 2.45) is 5.41 Å². The third kappa shape index (κ3) is 5.37. The number of piperazine rings is 1. The van der Waals surface area contributed by atoms with E-state index in [0.29, 0.717) is 29.6 Å². The second-order valence-corrected chi connectivity index (χ2v) is 14.3. The van der Waals surface area contributed by atoms with Gasteiger partial charge in [-0.25, -0.2) is 4.39 Å². The van der Waals surface area contributed by atoms with Crippen molar-refractivity contribution >= 4 is 23.1 Å². The first-order chi connectivity index (χ1) is 19.7. The van der Waals surface area contributed by atoms with Gasteiger partial charge in [0.2, 0.25) is 0 Å². The Kier molecular flexibility index (Phi) is 7.25. The van der Waals surface area contributed by atoms with Crippen molar-refractivity contribution in [1.29, 1.82) is 0 Å². The van der Waals surface area contributed by atoms with Crippen molar-refractivity contribution in [3.05, 3.63) is 75.1 Å². The Balaban J connectivity index is 1.02. The van der Waals surface area contributed by atoms with Crippen LogP contribution in [0.2, 0.25) is 5.02 Å². The normalized spacial score (nSPS) is 28.1. The number of hydrogen-bond donors (Lipinski definition) is 1. The largest absolute Gasteiger partial charge is 0.330 e. The lowest BCUT2D eigenvalue weighted by Crippen LogP contribution is -2.68. The van der Waals surface area contributed by atoms with E-state index in [2.05, 4.69) is 47.2 Å². The second-order valence-electron chi connectivity index (χ2n) is 13.9. The smallest absolute Gasteiger partial charge is 0.257 e. The fourth-order valence-corrected chi connectivity index (χ4v) is 8.21. The predicted molar refractivity (Wildman–Crippen MR) is 162 cm³/mol. The zero-order valence-electron chi connectivity index (χ0n) is 24.4. The number of hydrogen-bond acceptors (Lipinski definition) is 4. The summed E-state index contributed by atoms with van der Waals surface area (Å²) in [5.74, 6) is -0.476.